The van der Waals surface area contributed by atoms with Crippen molar-refractivity contribution in [3.63, 3.8) is 0 Å². The van der Waals surface area contributed by atoms with Crippen LogP contribution in [0.25, 0.3) is 0 Å². The van der Waals surface area contributed by atoms with Gasteiger partial charge in [-0.05, 0) is 43.7 Å². The predicted octanol–water partition coefficient (Wildman–Crippen LogP) is 2.53. The molecule has 1 heterocycles. The quantitative estimate of drug-likeness (QED) is 0.655. The lowest BCUT2D eigenvalue weighted by molar-refractivity contribution is -0.133. The average molecular weight is 446 g/mol. The van der Waals surface area contributed by atoms with E-state index in [-0.39, 0.29) is 18.5 Å². The molecule has 1 aliphatic rings. The van der Waals surface area contributed by atoms with Crippen molar-refractivity contribution in [3.8, 4) is 5.75 Å². The van der Waals surface area contributed by atoms with Gasteiger partial charge in [-0.1, -0.05) is 29.8 Å². The number of likely N-dealkylation sites (N-methyl/N-ethyl adjacent to an activating group) is 1. The van der Waals surface area contributed by atoms with Crippen LogP contribution in [0.2, 0.25) is 0 Å². The number of methoxy groups -OCH3 is 1. The Morgan fingerprint density at radius 1 is 1.03 bits per heavy atom. The maximum Gasteiger partial charge on any atom is 0.243 e. The smallest absolute Gasteiger partial charge is 0.243 e. The third-order valence-corrected chi connectivity index (χ3v) is 7.83. The summed E-state index contributed by atoms with van der Waals surface area (Å²) in [6.45, 7) is 6.01. The van der Waals surface area contributed by atoms with E-state index in [0.717, 1.165) is 16.9 Å². The molecular weight excluding hydrogens is 414 g/mol. The molecule has 1 atom stereocenters. The van der Waals surface area contributed by atoms with Crippen LogP contribution >= 0.6 is 0 Å². The molecule has 8 heteroatoms. The first kappa shape index (κ1) is 23.2. The number of carbonyl (C=O) groups excluding carboxylic acids is 1. The highest BCUT2D eigenvalue weighted by Gasteiger charge is 2.29. The van der Waals surface area contributed by atoms with E-state index >= 15 is 0 Å². The summed E-state index contributed by atoms with van der Waals surface area (Å²) in [7, 11) is -0.0754. The van der Waals surface area contributed by atoms with E-state index in [1.54, 1.807) is 31.2 Å². The van der Waals surface area contributed by atoms with Crippen molar-refractivity contribution in [2.75, 3.05) is 46.9 Å². The lowest BCUT2D eigenvalue weighted by Gasteiger charge is -2.35. The molecule has 7 nitrogen and oxygen atoms in total. The van der Waals surface area contributed by atoms with Crippen molar-refractivity contribution in [3.05, 3.63) is 59.7 Å². The highest BCUT2D eigenvalue weighted by molar-refractivity contribution is 7.89. The van der Waals surface area contributed by atoms with Crippen LogP contribution in [0.3, 0.4) is 0 Å². The first-order chi connectivity index (χ1) is 14.7. The Labute approximate surface area is 185 Å². The number of carbonyl (C=O) groups is 1. The largest absolute Gasteiger partial charge is 0.497 e. The van der Waals surface area contributed by atoms with Gasteiger partial charge < -0.3 is 9.64 Å². The fourth-order valence-corrected chi connectivity index (χ4v) is 5.03. The molecule has 0 aromatic heterocycles. The summed E-state index contributed by atoms with van der Waals surface area (Å²) in [5, 5.41) is 0. The standard InChI is InChI=1S/C23H31N3O4S/c1-18-5-11-22(12-6-18)31(28,29)26-15-13-25(14-16-26)17-23(27)24(3)19(2)20-7-9-21(30-4)10-8-20/h5-12,19H,13-17H2,1-4H3. The molecule has 3 rings (SSSR count). The summed E-state index contributed by atoms with van der Waals surface area (Å²) in [6.07, 6.45) is 0. The summed E-state index contributed by atoms with van der Waals surface area (Å²) < 4.78 is 32.4. The van der Waals surface area contributed by atoms with E-state index < -0.39 is 10.0 Å². The van der Waals surface area contributed by atoms with Crippen molar-refractivity contribution in [2.24, 2.45) is 0 Å². The van der Waals surface area contributed by atoms with Crippen LogP contribution in [-0.2, 0) is 14.8 Å². The normalized spacial score (nSPS) is 16.6. The number of benzene rings is 2. The van der Waals surface area contributed by atoms with Gasteiger partial charge in [-0.15, -0.1) is 0 Å². The Morgan fingerprint density at radius 3 is 2.16 bits per heavy atom. The lowest BCUT2D eigenvalue weighted by Crippen LogP contribution is -2.51. The van der Waals surface area contributed by atoms with Gasteiger partial charge in [-0.2, -0.15) is 4.31 Å². The molecule has 1 aliphatic heterocycles. The van der Waals surface area contributed by atoms with Crippen LogP contribution in [-0.4, -0.2) is 75.3 Å². The van der Waals surface area contributed by atoms with Crippen molar-refractivity contribution in [2.45, 2.75) is 24.8 Å². The maximum atomic E-state index is 12.9. The highest BCUT2D eigenvalue weighted by atomic mass is 32.2. The fourth-order valence-electron chi connectivity index (χ4n) is 3.61. The van der Waals surface area contributed by atoms with E-state index in [1.165, 1.54) is 4.31 Å². The molecule has 0 radical (unpaired) electrons. The van der Waals surface area contributed by atoms with Crippen LogP contribution in [0.4, 0.5) is 0 Å². The van der Waals surface area contributed by atoms with E-state index in [2.05, 4.69) is 0 Å². The van der Waals surface area contributed by atoms with Crippen molar-refractivity contribution in [1.82, 2.24) is 14.1 Å². The molecule has 0 saturated carbocycles. The Hall–Kier alpha value is -2.42. The number of hydrogen-bond donors (Lipinski definition) is 0. The number of nitrogens with zero attached hydrogens (tertiary/aromatic N) is 3. The number of rotatable bonds is 7. The van der Waals surface area contributed by atoms with Crippen molar-refractivity contribution < 1.29 is 17.9 Å². The molecule has 0 bridgehead atoms. The number of aryl methyl sites for hydroxylation is 1. The maximum absolute atomic E-state index is 12.9. The van der Waals surface area contributed by atoms with E-state index in [0.29, 0.717) is 31.1 Å². The van der Waals surface area contributed by atoms with Gasteiger partial charge in [0, 0.05) is 33.2 Å². The molecule has 0 spiro atoms. The predicted molar refractivity (Wildman–Crippen MR) is 121 cm³/mol. The molecule has 1 fully saturated rings. The second-order valence-corrected chi connectivity index (χ2v) is 9.88. The van der Waals surface area contributed by atoms with E-state index in [1.807, 2.05) is 55.1 Å². The van der Waals surface area contributed by atoms with Crippen LogP contribution in [0.1, 0.15) is 24.1 Å². The molecule has 0 N–H and O–H groups in total. The van der Waals surface area contributed by atoms with Crippen LogP contribution in [0, 0.1) is 6.92 Å². The number of hydrogen-bond acceptors (Lipinski definition) is 5. The SMILES string of the molecule is COc1ccc(C(C)N(C)C(=O)CN2CCN(S(=O)(=O)c3ccc(C)cc3)CC2)cc1. The summed E-state index contributed by atoms with van der Waals surface area (Å²) >= 11 is 0. The molecule has 31 heavy (non-hydrogen) atoms. The third kappa shape index (κ3) is 5.44. The summed E-state index contributed by atoms with van der Waals surface area (Å²) in [5.41, 5.74) is 2.06. The molecule has 1 saturated heterocycles. The number of amides is 1. The Kier molecular flexibility index (Phi) is 7.35. The minimum Gasteiger partial charge on any atom is -0.497 e. The van der Waals surface area contributed by atoms with Gasteiger partial charge in [0.05, 0.1) is 24.6 Å². The van der Waals surface area contributed by atoms with Gasteiger partial charge in [-0.3, -0.25) is 9.69 Å². The Morgan fingerprint density at radius 2 is 1.61 bits per heavy atom. The zero-order chi connectivity index (χ0) is 22.6. The Balaban J connectivity index is 1.54. The fraction of sp³-hybridized carbons (Fsp3) is 0.435. The minimum atomic E-state index is -3.50. The van der Waals surface area contributed by atoms with Gasteiger partial charge >= 0.3 is 0 Å². The molecule has 2 aromatic rings. The molecular formula is C23H31N3O4S. The zero-order valence-electron chi connectivity index (χ0n) is 18.6. The molecule has 1 amide bonds. The first-order valence-corrected chi connectivity index (χ1v) is 11.8. The van der Waals surface area contributed by atoms with E-state index in [9.17, 15) is 13.2 Å². The van der Waals surface area contributed by atoms with Gasteiger partial charge in [-0.25, -0.2) is 8.42 Å². The van der Waals surface area contributed by atoms with E-state index in [4.69, 9.17) is 4.74 Å². The highest BCUT2D eigenvalue weighted by Crippen LogP contribution is 2.22. The van der Waals surface area contributed by atoms with Crippen molar-refractivity contribution >= 4 is 15.9 Å². The van der Waals surface area contributed by atoms with Gasteiger partial charge in [0.1, 0.15) is 5.75 Å². The van der Waals surface area contributed by atoms with Crippen molar-refractivity contribution in [1.29, 1.82) is 0 Å². The van der Waals surface area contributed by atoms with Gasteiger partial charge in [0.2, 0.25) is 15.9 Å². The Bertz CT molecular complexity index is 982. The molecule has 0 aliphatic carbocycles. The number of ether oxygens (including phenoxy) is 1. The second kappa shape index (κ2) is 9.80. The number of sulfonamides is 1. The minimum absolute atomic E-state index is 0.0122. The monoisotopic (exact) mass is 445 g/mol. The number of piperazine rings is 1. The third-order valence-electron chi connectivity index (χ3n) is 5.92. The summed E-state index contributed by atoms with van der Waals surface area (Å²) in [4.78, 5) is 16.9. The van der Waals surface area contributed by atoms with Crippen LogP contribution in [0.5, 0.6) is 5.75 Å². The van der Waals surface area contributed by atoms with Crippen LogP contribution < -0.4 is 4.74 Å². The van der Waals surface area contributed by atoms with Gasteiger partial charge in [0.15, 0.2) is 0 Å². The first-order valence-electron chi connectivity index (χ1n) is 10.4. The van der Waals surface area contributed by atoms with Crippen LogP contribution in [0.15, 0.2) is 53.4 Å². The second-order valence-electron chi connectivity index (χ2n) is 7.95. The summed E-state index contributed by atoms with van der Waals surface area (Å²) in [6, 6.07) is 14.5. The van der Waals surface area contributed by atoms with Gasteiger partial charge in [0.25, 0.3) is 0 Å². The average Bonchev–Trinajstić information content (AvgIpc) is 2.78. The zero-order valence-corrected chi connectivity index (χ0v) is 19.4. The summed E-state index contributed by atoms with van der Waals surface area (Å²) in [5.74, 6) is 0.793. The lowest BCUT2D eigenvalue weighted by atomic mass is 10.1. The molecule has 1 unspecified atom stereocenters. The molecule has 2 aromatic carbocycles. The molecule has 168 valence electrons. The topological polar surface area (TPSA) is 70.2 Å².